The molecule has 0 bridgehead atoms. The number of benzene rings is 3. The lowest BCUT2D eigenvalue weighted by molar-refractivity contribution is -0.114. The molecule has 4 aromatic rings. The van der Waals surface area contributed by atoms with Crippen molar-refractivity contribution in [2.45, 2.75) is 23.9 Å². The molecule has 3 amide bonds. The predicted octanol–water partition coefficient (Wildman–Crippen LogP) is 6.10. The van der Waals surface area contributed by atoms with Crippen molar-refractivity contribution in [3.8, 4) is 0 Å². The van der Waals surface area contributed by atoms with E-state index in [1.807, 2.05) is 56.3 Å². The van der Waals surface area contributed by atoms with Crippen LogP contribution < -0.4 is 16.0 Å². The molecule has 204 valence electrons. The van der Waals surface area contributed by atoms with E-state index in [2.05, 4.69) is 25.3 Å². The van der Waals surface area contributed by atoms with Gasteiger partial charge in [-0.1, -0.05) is 66.7 Å². The van der Waals surface area contributed by atoms with E-state index in [0.717, 1.165) is 33.3 Å². The molecular formula is C29H27N5O3S3. The fourth-order valence-corrected chi connectivity index (χ4v) is 5.44. The number of rotatable bonds is 11. The quantitative estimate of drug-likeness (QED) is 0.143. The van der Waals surface area contributed by atoms with E-state index >= 15 is 0 Å². The van der Waals surface area contributed by atoms with Crippen molar-refractivity contribution in [1.29, 1.82) is 0 Å². The highest BCUT2D eigenvalue weighted by atomic mass is 32.2. The Labute approximate surface area is 245 Å². The van der Waals surface area contributed by atoms with Crippen molar-refractivity contribution in [1.82, 2.24) is 14.7 Å². The van der Waals surface area contributed by atoms with Crippen LogP contribution in [0.5, 0.6) is 0 Å². The highest BCUT2D eigenvalue weighted by Gasteiger charge is 2.15. The minimum atomic E-state index is -0.455. The molecule has 3 aromatic carbocycles. The van der Waals surface area contributed by atoms with Crippen molar-refractivity contribution in [2.75, 3.05) is 22.1 Å². The van der Waals surface area contributed by atoms with E-state index in [9.17, 15) is 14.4 Å². The van der Waals surface area contributed by atoms with E-state index < -0.39 is 5.91 Å². The topological polar surface area (TPSA) is 113 Å². The van der Waals surface area contributed by atoms with E-state index in [1.54, 1.807) is 42.5 Å². The Morgan fingerprint density at radius 3 is 2.42 bits per heavy atom. The summed E-state index contributed by atoms with van der Waals surface area (Å²) in [6.45, 7) is 3.98. The number of aromatic nitrogens is 2. The zero-order chi connectivity index (χ0) is 28.3. The van der Waals surface area contributed by atoms with Gasteiger partial charge in [-0.2, -0.15) is 9.36 Å². The Bertz CT molecular complexity index is 1500. The molecule has 0 radical (unpaired) electrons. The van der Waals surface area contributed by atoms with Gasteiger partial charge in [0.25, 0.3) is 11.8 Å². The minimum absolute atomic E-state index is 0.117. The summed E-state index contributed by atoms with van der Waals surface area (Å²) in [6.07, 6.45) is 1.65. The number of hydrogen-bond acceptors (Lipinski definition) is 8. The first kappa shape index (κ1) is 29.1. The average Bonchev–Trinajstić information content (AvgIpc) is 3.39. The van der Waals surface area contributed by atoms with Crippen LogP contribution in [0, 0.1) is 6.92 Å². The Morgan fingerprint density at radius 1 is 0.925 bits per heavy atom. The van der Waals surface area contributed by atoms with Gasteiger partial charge >= 0.3 is 0 Å². The van der Waals surface area contributed by atoms with Crippen molar-refractivity contribution in [3.63, 3.8) is 0 Å². The smallest absolute Gasteiger partial charge is 0.272 e. The first-order valence-electron chi connectivity index (χ1n) is 12.3. The number of nitrogens with zero attached hydrogens (tertiary/aromatic N) is 2. The molecule has 0 aliphatic carbocycles. The Hall–Kier alpha value is -3.93. The number of hydrogen-bond donors (Lipinski definition) is 3. The molecule has 4 rings (SSSR count). The van der Waals surface area contributed by atoms with Crippen molar-refractivity contribution < 1.29 is 14.4 Å². The molecule has 0 spiro atoms. The average molecular weight is 590 g/mol. The van der Waals surface area contributed by atoms with Gasteiger partial charge in [0.1, 0.15) is 5.70 Å². The third kappa shape index (κ3) is 8.80. The van der Waals surface area contributed by atoms with Crippen molar-refractivity contribution in [3.05, 3.63) is 101 Å². The third-order valence-corrected chi connectivity index (χ3v) is 7.78. The molecule has 1 aromatic heterocycles. The second-order valence-electron chi connectivity index (χ2n) is 8.42. The number of thioether (sulfide) groups is 2. The van der Waals surface area contributed by atoms with Crippen LogP contribution in [0.1, 0.15) is 28.4 Å². The van der Waals surface area contributed by atoms with E-state index in [0.29, 0.717) is 21.5 Å². The summed E-state index contributed by atoms with van der Waals surface area (Å²) in [7, 11) is 0. The number of carbonyl (C=O) groups is 3. The van der Waals surface area contributed by atoms with Gasteiger partial charge in [-0.05, 0) is 60.7 Å². The molecule has 0 aliphatic heterocycles. The Morgan fingerprint density at radius 2 is 1.70 bits per heavy atom. The summed E-state index contributed by atoms with van der Waals surface area (Å²) in [5.41, 5.74) is 2.94. The molecule has 0 saturated carbocycles. The lowest BCUT2D eigenvalue weighted by Crippen LogP contribution is -2.30. The maximum absolute atomic E-state index is 13.2. The summed E-state index contributed by atoms with van der Waals surface area (Å²) in [5.74, 6) is 0.0583. The zero-order valence-electron chi connectivity index (χ0n) is 21.8. The van der Waals surface area contributed by atoms with E-state index in [1.165, 1.54) is 23.5 Å². The molecule has 11 heteroatoms. The van der Waals surface area contributed by atoms with Gasteiger partial charge in [-0.3, -0.25) is 19.7 Å². The minimum Gasteiger partial charge on any atom is -0.321 e. The highest BCUT2D eigenvalue weighted by molar-refractivity contribution is 8.00. The van der Waals surface area contributed by atoms with Crippen LogP contribution in [0.15, 0.2) is 94.6 Å². The van der Waals surface area contributed by atoms with Crippen LogP contribution in [0.25, 0.3) is 6.08 Å². The molecule has 3 N–H and O–H groups in total. The monoisotopic (exact) mass is 589 g/mol. The molecular weight excluding hydrogens is 563 g/mol. The Balaban J connectivity index is 1.38. The lowest BCUT2D eigenvalue weighted by Gasteiger charge is -2.12. The van der Waals surface area contributed by atoms with E-state index in [4.69, 9.17) is 0 Å². The van der Waals surface area contributed by atoms with Crippen LogP contribution in [-0.2, 0) is 9.59 Å². The van der Waals surface area contributed by atoms with Gasteiger partial charge in [0.15, 0.2) is 0 Å². The number of carbonyl (C=O) groups excluding carboxylic acids is 3. The third-order valence-electron chi connectivity index (χ3n) is 5.29. The van der Waals surface area contributed by atoms with Gasteiger partial charge < -0.3 is 10.6 Å². The van der Waals surface area contributed by atoms with Crippen LogP contribution >= 0.6 is 35.1 Å². The molecule has 0 atom stereocenters. The first-order chi connectivity index (χ1) is 19.4. The summed E-state index contributed by atoms with van der Waals surface area (Å²) >= 11 is 4.05. The summed E-state index contributed by atoms with van der Waals surface area (Å²) in [4.78, 5) is 43.5. The largest absolute Gasteiger partial charge is 0.321 e. The molecule has 40 heavy (non-hydrogen) atoms. The van der Waals surface area contributed by atoms with Crippen molar-refractivity contribution in [2.24, 2.45) is 0 Å². The van der Waals surface area contributed by atoms with Gasteiger partial charge in [-0.25, -0.2) is 0 Å². The van der Waals surface area contributed by atoms with Crippen LogP contribution in [-0.4, -0.2) is 38.6 Å². The molecule has 0 aliphatic rings. The maximum Gasteiger partial charge on any atom is 0.272 e. The number of aryl methyl sites for hydroxylation is 1. The number of nitrogens with one attached hydrogen (secondary N) is 3. The zero-order valence-corrected chi connectivity index (χ0v) is 24.3. The first-order valence-corrected chi connectivity index (χ1v) is 15.1. The molecule has 0 unspecified atom stereocenters. The van der Waals surface area contributed by atoms with Crippen LogP contribution in [0.4, 0.5) is 10.8 Å². The fourth-order valence-electron chi connectivity index (χ4n) is 3.45. The van der Waals surface area contributed by atoms with Gasteiger partial charge in [-0.15, -0.1) is 11.8 Å². The van der Waals surface area contributed by atoms with Crippen molar-refractivity contribution >= 4 is 69.7 Å². The Kier molecular flexibility index (Phi) is 10.5. The second-order valence-corrected chi connectivity index (χ2v) is 11.5. The summed E-state index contributed by atoms with van der Waals surface area (Å²) < 4.78 is 4.19. The van der Waals surface area contributed by atoms with Crippen LogP contribution in [0.3, 0.4) is 0 Å². The second kappa shape index (κ2) is 14.5. The standard InChI is InChI=1S/C29H27N5O3S3/c1-3-38-29-33-28(40-34-29)32-25(35)18-39-23-14-12-22(13-15-23)30-27(37)24(17-20-9-7-8-19(2)16-20)31-26(36)21-10-5-4-6-11-21/h4-17H,3,18H2,1-2H3,(H,30,37)(H,31,36)(H,32,33,34,35)/b24-17-. The van der Waals surface area contributed by atoms with E-state index in [-0.39, 0.29) is 23.3 Å². The lowest BCUT2D eigenvalue weighted by atomic mass is 10.1. The highest BCUT2D eigenvalue weighted by Crippen LogP contribution is 2.23. The molecule has 0 saturated heterocycles. The molecule has 8 nitrogen and oxygen atoms in total. The maximum atomic E-state index is 13.2. The summed E-state index contributed by atoms with van der Waals surface area (Å²) in [5, 5.41) is 9.49. The van der Waals surface area contributed by atoms with Crippen LogP contribution in [0.2, 0.25) is 0 Å². The molecule has 0 fully saturated rings. The van der Waals surface area contributed by atoms with Gasteiger partial charge in [0.05, 0.1) is 5.75 Å². The fraction of sp³-hybridized carbons (Fsp3) is 0.138. The van der Waals surface area contributed by atoms with Gasteiger partial charge in [0.2, 0.25) is 16.2 Å². The molecule has 1 heterocycles. The number of anilines is 2. The number of amides is 3. The predicted molar refractivity (Wildman–Crippen MR) is 164 cm³/mol. The van der Waals surface area contributed by atoms with Gasteiger partial charge in [0, 0.05) is 27.7 Å². The normalized spacial score (nSPS) is 11.1. The SMILES string of the molecule is CCSc1nsc(NC(=O)CSc2ccc(NC(=O)/C(=C/c3cccc(C)c3)NC(=O)c3ccccc3)cc2)n1. The summed E-state index contributed by atoms with van der Waals surface area (Å²) in [6, 6.07) is 23.5.